The summed E-state index contributed by atoms with van der Waals surface area (Å²) in [4.78, 5) is 6.12. The monoisotopic (exact) mass is 260 g/mol. The molecule has 0 N–H and O–H groups in total. The van der Waals surface area contributed by atoms with Gasteiger partial charge in [0.1, 0.15) is 0 Å². The van der Waals surface area contributed by atoms with Crippen molar-refractivity contribution in [2.75, 3.05) is 29.5 Å². The highest BCUT2D eigenvalue weighted by molar-refractivity contribution is 7.91. The molecule has 0 spiro atoms. The zero-order valence-corrected chi connectivity index (χ0v) is 10.3. The van der Waals surface area contributed by atoms with E-state index in [1.165, 1.54) is 0 Å². The van der Waals surface area contributed by atoms with E-state index in [-0.39, 0.29) is 11.5 Å². The van der Waals surface area contributed by atoms with Crippen LogP contribution in [0.25, 0.3) is 0 Å². The maximum absolute atomic E-state index is 11.3. The second-order valence-corrected chi connectivity index (χ2v) is 6.39. The Morgan fingerprint density at radius 3 is 2.62 bits per heavy atom. The number of pyridine rings is 1. The Morgan fingerprint density at radius 2 is 2.00 bits per heavy atom. The lowest BCUT2D eigenvalue weighted by Crippen LogP contribution is -2.40. The third kappa shape index (κ3) is 2.65. The van der Waals surface area contributed by atoms with Crippen LogP contribution in [0.3, 0.4) is 0 Å². The first-order valence-corrected chi connectivity index (χ1v) is 7.41. The largest absolute Gasteiger partial charge is 0.368 e. The molecule has 2 heterocycles. The number of sulfone groups is 1. The van der Waals surface area contributed by atoms with Crippen molar-refractivity contribution in [1.82, 2.24) is 4.98 Å². The molecule has 0 radical (unpaired) electrons. The van der Waals surface area contributed by atoms with Crippen molar-refractivity contribution >= 4 is 27.1 Å². The quantitative estimate of drug-likeness (QED) is 0.746. The Morgan fingerprint density at radius 1 is 1.31 bits per heavy atom. The molecule has 1 aliphatic rings. The predicted molar refractivity (Wildman–Crippen MR) is 64.7 cm³/mol. The van der Waals surface area contributed by atoms with E-state index in [1.54, 1.807) is 12.4 Å². The highest BCUT2D eigenvalue weighted by Crippen LogP contribution is 2.18. The van der Waals surface area contributed by atoms with E-state index in [0.29, 0.717) is 19.0 Å². The minimum atomic E-state index is -2.83. The van der Waals surface area contributed by atoms with Gasteiger partial charge in [-0.3, -0.25) is 4.98 Å². The number of hydrogen-bond acceptors (Lipinski definition) is 4. The average Bonchev–Trinajstić information content (AvgIpc) is 2.29. The summed E-state index contributed by atoms with van der Waals surface area (Å²) in [5.74, 6) is 0.864. The van der Waals surface area contributed by atoms with Crippen molar-refractivity contribution in [1.29, 1.82) is 0 Å². The minimum absolute atomic E-state index is 0.220. The van der Waals surface area contributed by atoms with Crippen molar-refractivity contribution < 1.29 is 8.42 Å². The predicted octanol–water partition coefficient (Wildman–Crippen LogP) is 1.06. The van der Waals surface area contributed by atoms with Crippen molar-refractivity contribution in [3.8, 4) is 0 Å². The lowest BCUT2D eigenvalue weighted by molar-refractivity contribution is 0.586. The maximum atomic E-state index is 11.3. The van der Waals surface area contributed by atoms with Gasteiger partial charge in [-0.05, 0) is 11.6 Å². The first-order chi connectivity index (χ1) is 7.61. The van der Waals surface area contributed by atoms with Gasteiger partial charge in [0.05, 0.1) is 23.4 Å². The van der Waals surface area contributed by atoms with Crippen LogP contribution in [0.15, 0.2) is 18.5 Å². The van der Waals surface area contributed by atoms with Gasteiger partial charge in [-0.1, -0.05) is 0 Å². The maximum Gasteiger partial charge on any atom is 0.153 e. The van der Waals surface area contributed by atoms with Crippen LogP contribution in [-0.4, -0.2) is 38.0 Å². The zero-order chi connectivity index (χ0) is 11.6. The molecule has 1 fully saturated rings. The second kappa shape index (κ2) is 4.59. The van der Waals surface area contributed by atoms with E-state index in [9.17, 15) is 8.42 Å². The van der Waals surface area contributed by atoms with Crippen LogP contribution in [0.4, 0.5) is 5.69 Å². The first kappa shape index (κ1) is 11.7. The Balaban J connectivity index is 2.13. The highest BCUT2D eigenvalue weighted by atomic mass is 35.5. The van der Waals surface area contributed by atoms with Crippen molar-refractivity contribution in [2.24, 2.45) is 0 Å². The van der Waals surface area contributed by atoms with Crippen molar-refractivity contribution in [2.45, 2.75) is 5.88 Å². The molecule has 16 heavy (non-hydrogen) atoms. The summed E-state index contributed by atoms with van der Waals surface area (Å²) in [6.07, 6.45) is 3.46. The molecule has 1 aliphatic heterocycles. The molecule has 4 nitrogen and oxygen atoms in total. The number of rotatable bonds is 2. The fourth-order valence-electron chi connectivity index (χ4n) is 1.69. The SMILES string of the molecule is O=S1(=O)CCN(c2cncc(CCl)c2)CC1. The summed E-state index contributed by atoms with van der Waals surface area (Å²) < 4.78 is 22.6. The summed E-state index contributed by atoms with van der Waals surface area (Å²) in [7, 11) is -2.83. The van der Waals surface area contributed by atoms with E-state index in [0.717, 1.165) is 11.3 Å². The summed E-state index contributed by atoms with van der Waals surface area (Å²) >= 11 is 5.73. The standard InChI is InChI=1S/C10H13ClN2O2S/c11-6-9-5-10(8-12-7-9)13-1-3-16(14,15)4-2-13/h5,7-8H,1-4,6H2. The Kier molecular flexibility index (Phi) is 3.35. The van der Waals surface area contributed by atoms with Crippen LogP contribution in [0.5, 0.6) is 0 Å². The topological polar surface area (TPSA) is 50.3 Å². The number of halogens is 1. The summed E-state index contributed by atoms with van der Waals surface area (Å²) in [5, 5.41) is 0. The summed E-state index contributed by atoms with van der Waals surface area (Å²) in [6.45, 7) is 1.07. The molecule has 88 valence electrons. The van der Waals surface area contributed by atoms with E-state index >= 15 is 0 Å². The molecule has 0 unspecified atom stereocenters. The molecule has 2 rings (SSSR count). The van der Waals surface area contributed by atoms with Gasteiger partial charge in [0.15, 0.2) is 9.84 Å². The number of aromatic nitrogens is 1. The lowest BCUT2D eigenvalue weighted by atomic mass is 10.2. The normalized spacial score (nSPS) is 19.7. The van der Waals surface area contributed by atoms with Gasteiger partial charge in [0.25, 0.3) is 0 Å². The van der Waals surface area contributed by atoms with E-state index in [4.69, 9.17) is 11.6 Å². The molecule has 0 saturated carbocycles. The van der Waals surface area contributed by atoms with Gasteiger partial charge >= 0.3 is 0 Å². The van der Waals surface area contributed by atoms with Gasteiger partial charge in [0.2, 0.25) is 0 Å². The first-order valence-electron chi connectivity index (χ1n) is 5.06. The van der Waals surface area contributed by atoms with E-state index < -0.39 is 9.84 Å². The molecular formula is C10H13ClN2O2S. The van der Waals surface area contributed by atoms with E-state index in [2.05, 4.69) is 4.98 Å². The zero-order valence-electron chi connectivity index (χ0n) is 8.76. The number of alkyl halides is 1. The molecule has 0 amide bonds. The molecule has 0 atom stereocenters. The van der Waals surface area contributed by atoms with Crippen molar-refractivity contribution in [3.63, 3.8) is 0 Å². The molecular weight excluding hydrogens is 248 g/mol. The van der Waals surface area contributed by atoms with Crippen LogP contribution in [-0.2, 0) is 15.7 Å². The smallest absolute Gasteiger partial charge is 0.153 e. The summed E-state index contributed by atoms with van der Waals surface area (Å²) in [5.41, 5.74) is 1.90. The van der Waals surface area contributed by atoms with Crippen LogP contribution < -0.4 is 4.90 Å². The number of hydrogen-bond donors (Lipinski definition) is 0. The van der Waals surface area contributed by atoms with Crippen LogP contribution in [0.1, 0.15) is 5.56 Å². The third-order valence-electron chi connectivity index (χ3n) is 2.64. The van der Waals surface area contributed by atoms with Crippen LogP contribution >= 0.6 is 11.6 Å². The van der Waals surface area contributed by atoms with Crippen LogP contribution in [0.2, 0.25) is 0 Å². The van der Waals surface area contributed by atoms with E-state index in [1.807, 2.05) is 11.0 Å². The molecule has 1 aromatic heterocycles. The fraction of sp³-hybridized carbons (Fsp3) is 0.500. The third-order valence-corrected chi connectivity index (χ3v) is 4.56. The van der Waals surface area contributed by atoms with Gasteiger partial charge in [-0.15, -0.1) is 11.6 Å². The molecule has 6 heteroatoms. The molecule has 1 aromatic rings. The van der Waals surface area contributed by atoms with Gasteiger partial charge in [-0.2, -0.15) is 0 Å². The molecule has 0 aliphatic carbocycles. The van der Waals surface area contributed by atoms with Gasteiger partial charge in [-0.25, -0.2) is 8.42 Å². The molecule has 1 saturated heterocycles. The van der Waals surface area contributed by atoms with Crippen molar-refractivity contribution in [3.05, 3.63) is 24.0 Å². The summed E-state index contributed by atoms with van der Waals surface area (Å²) in [6, 6.07) is 1.96. The molecule has 0 bridgehead atoms. The Labute approximate surface area is 100 Å². The number of anilines is 1. The second-order valence-electron chi connectivity index (χ2n) is 3.82. The van der Waals surface area contributed by atoms with Crippen LogP contribution in [0, 0.1) is 0 Å². The minimum Gasteiger partial charge on any atom is -0.368 e. The molecule has 0 aromatic carbocycles. The highest BCUT2D eigenvalue weighted by Gasteiger charge is 2.21. The lowest BCUT2D eigenvalue weighted by Gasteiger charge is -2.28. The van der Waals surface area contributed by atoms with Gasteiger partial charge < -0.3 is 4.90 Å². The number of nitrogens with zero attached hydrogens (tertiary/aromatic N) is 2. The Hall–Kier alpha value is -0.810. The average molecular weight is 261 g/mol. The van der Waals surface area contributed by atoms with Gasteiger partial charge in [0, 0.05) is 25.2 Å². The fourth-order valence-corrected chi connectivity index (χ4v) is 3.04. The Bertz CT molecular complexity index is 461.